The molecular weight excluding hydrogens is 340 g/mol. The van der Waals surface area contributed by atoms with Crippen molar-refractivity contribution in [2.75, 3.05) is 30.4 Å². The van der Waals surface area contributed by atoms with Gasteiger partial charge in [-0.15, -0.1) is 0 Å². The van der Waals surface area contributed by atoms with Crippen LogP contribution in [0.3, 0.4) is 0 Å². The minimum absolute atomic E-state index is 0.0133. The van der Waals surface area contributed by atoms with Crippen LogP contribution in [0.1, 0.15) is 32.3 Å². The van der Waals surface area contributed by atoms with Crippen LogP contribution < -0.4 is 15.0 Å². The number of rotatable bonds is 6. The lowest BCUT2D eigenvalue weighted by atomic mass is 10.1. The maximum atomic E-state index is 12.7. The first-order chi connectivity index (χ1) is 13.0. The average Bonchev–Trinajstić information content (AvgIpc) is 3.18. The van der Waals surface area contributed by atoms with Crippen LogP contribution in [0, 0.1) is 0 Å². The van der Waals surface area contributed by atoms with Gasteiger partial charge in [-0.25, -0.2) is 9.78 Å². The van der Waals surface area contributed by atoms with Gasteiger partial charge in [0, 0.05) is 38.6 Å². The maximum Gasteiger partial charge on any atom is 0.322 e. The minimum atomic E-state index is -0.187. The van der Waals surface area contributed by atoms with Gasteiger partial charge in [0.25, 0.3) is 0 Å². The molecule has 27 heavy (non-hydrogen) atoms. The fraction of sp³-hybridized carbons (Fsp3) is 0.429. The van der Waals surface area contributed by atoms with Crippen LogP contribution in [0.5, 0.6) is 5.88 Å². The summed E-state index contributed by atoms with van der Waals surface area (Å²) in [5.41, 5.74) is 2.96. The first kappa shape index (κ1) is 19.0. The molecule has 2 heterocycles. The monoisotopic (exact) mass is 368 g/mol. The van der Waals surface area contributed by atoms with E-state index in [0.29, 0.717) is 18.1 Å². The van der Waals surface area contributed by atoms with Gasteiger partial charge in [-0.3, -0.25) is 0 Å². The van der Waals surface area contributed by atoms with Gasteiger partial charge in [0.1, 0.15) is 5.69 Å². The Hall–Kier alpha value is -2.76. The van der Waals surface area contributed by atoms with E-state index in [9.17, 15) is 4.79 Å². The second-order valence-electron chi connectivity index (χ2n) is 7.13. The van der Waals surface area contributed by atoms with Gasteiger partial charge in [-0.2, -0.15) is 0 Å². The second kappa shape index (κ2) is 8.75. The molecule has 1 N–H and O–H groups in total. The highest BCUT2D eigenvalue weighted by molar-refractivity contribution is 5.90. The SMILES string of the molecule is CC(C)Oc1ncccc1NC(=O)N(C)Cc1ccccc1N1CCCC1. The topological polar surface area (TPSA) is 57.7 Å². The van der Waals surface area contributed by atoms with Crippen LogP contribution in [0.15, 0.2) is 42.6 Å². The summed E-state index contributed by atoms with van der Waals surface area (Å²) < 4.78 is 5.68. The van der Waals surface area contributed by atoms with E-state index in [2.05, 4.69) is 33.4 Å². The Balaban J connectivity index is 1.69. The molecule has 1 aromatic heterocycles. The molecule has 0 spiro atoms. The number of benzene rings is 1. The van der Waals surface area contributed by atoms with Gasteiger partial charge >= 0.3 is 6.03 Å². The van der Waals surface area contributed by atoms with E-state index < -0.39 is 0 Å². The summed E-state index contributed by atoms with van der Waals surface area (Å²) in [6, 6.07) is 11.7. The summed E-state index contributed by atoms with van der Waals surface area (Å²) in [7, 11) is 1.80. The van der Waals surface area contributed by atoms with E-state index in [4.69, 9.17) is 4.74 Å². The van der Waals surface area contributed by atoms with E-state index in [-0.39, 0.29) is 12.1 Å². The van der Waals surface area contributed by atoms with Crippen molar-refractivity contribution in [2.45, 2.75) is 39.3 Å². The predicted octanol–water partition coefficient (Wildman–Crippen LogP) is 4.13. The number of amides is 2. The predicted molar refractivity (Wildman–Crippen MR) is 108 cm³/mol. The van der Waals surface area contributed by atoms with Gasteiger partial charge < -0.3 is 19.9 Å². The zero-order valence-corrected chi connectivity index (χ0v) is 16.3. The third-order valence-corrected chi connectivity index (χ3v) is 4.55. The summed E-state index contributed by atoms with van der Waals surface area (Å²) in [5, 5.41) is 2.91. The third-order valence-electron chi connectivity index (χ3n) is 4.55. The molecule has 2 amide bonds. The molecular formula is C21H28N4O2. The molecule has 2 aromatic rings. The molecule has 6 nitrogen and oxygen atoms in total. The highest BCUT2D eigenvalue weighted by atomic mass is 16.5. The Morgan fingerprint density at radius 3 is 2.70 bits per heavy atom. The van der Waals surface area contributed by atoms with Crippen molar-refractivity contribution in [1.29, 1.82) is 0 Å². The number of hydrogen-bond acceptors (Lipinski definition) is 4. The summed E-state index contributed by atoms with van der Waals surface area (Å²) in [6.45, 7) is 6.57. The van der Waals surface area contributed by atoms with Crippen LogP contribution in [-0.4, -0.2) is 42.2 Å². The van der Waals surface area contributed by atoms with Gasteiger partial charge in [-0.05, 0) is 50.5 Å². The molecule has 1 aromatic carbocycles. The second-order valence-corrected chi connectivity index (χ2v) is 7.13. The van der Waals surface area contributed by atoms with Crippen LogP contribution in [0.2, 0.25) is 0 Å². The molecule has 0 bridgehead atoms. The van der Waals surface area contributed by atoms with Crippen molar-refractivity contribution in [2.24, 2.45) is 0 Å². The Kier molecular flexibility index (Phi) is 6.16. The summed E-state index contributed by atoms with van der Waals surface area (Å²) in [5.74, 6) is 0.437. The standard InChI is InChI=1S/C21H28N4O2/c1-16(2)27-20-18(10-8-12-22-20)23-21(26)24(3)15-17-9-4-5-11-19(17)25-13-6-7-14-25/h4-5,8-12,16H,6-7,13-15H2,1-3H3,(H,23,26). The summed E-state index contributed by atoms with van der Waals surface area (Å²) in [6.07, 6.45) is 4.10. The molecule has 1 fully saturated rings. The number of hydrogen-bond donors (Lipinski definition) is 1. The Bertz CT molecular complexity index is 772. The van der Waals surface area contributed by atoms with E-state index >= 15 is 0 Å². The molecule has 3 rings (SSSR count). The zero-order chi connectivity index (χ0) is 19.2. The quantitative estimate of drug-likeness (QED) is 0.833. The highest BCUT2D eigenvalue weighted by Gasteiger charge is 2.18. The van der Waals surface area contributed by atoms with Crippen molar-refractivity contribution in [3.8, 4) is 5.88 Å². The Labute approximate surface area is 161 Å². The number of aromatic nitrogens is 1. The third kappa shape index (κ3) is 4.90. The maximum absolute atomic E-state index is 12.7. The fourth-order valence-corrected chi connectivity index (χ4v) is 3.25. The molecule has 0 saturated carbocycles. The van der Waals surface area contributed by atoms with Crippen molar-refractivity contribution >= 4 is 17.4 Å². The van der Waals surface area contributed by atoms with Crippen molar-refractivity contribution in [3.63, 3.8) is 0 Å². The van der Waals surface area contributed by atoms with Gasteiger partial charge in [0.05, 0.1) is 6.10 Å². The van der Waals surface area contributed by atoms with Crippen LogP contribution >= 0.6 is 0 Å². The Morgan fingerprint density at radius 1 is 1.22 bits per heavy atom. The number of anilines is 2. The lowest BCUT2D eigenvalue weighted by Crippen LogP contribution is -2.32. The van der Waals surface area contributed by atoms with E-state index in [0.717, 1.165) is 18.7 Å². The lowest BCUT2D eigenvalue weighted by Gasteiger charge is -2.25. The molecule has 0 unspecified atom stereocenters. The van der Waals surface area contributed by atoms with Gasteiger partial charge in [0.2, 0.25) is 5.88 Å². The number of para-hydroxylation sites is 1. The van der Waals surface area contributed by atoms with Crippen LogP contribution in [-0.2, 0) is 6.54 Å². The first-order valence-electron chi connectivity index (χ1n) is 9.51. The number of carbonyl (C=O) groups excluding carboxylic acids is 1. The molecule has 0 atom stereocenters. The number of ether oxygens (including phenoxy) is 1. The number of urea groups is 1. The number of carbonyl (C=O) groups is 1. The Morgan fingerprint density at radius 2 is 1.96 bits per heavy atom. The van der Waals surface area contributed by atoms with E-state index in [1.165, 1.54) is 18.5 Å². The molecule has 1 saturated heterocycles. The smallest absolute Gasteiger partial charge is 0.322 e. The normalized spacial score (nSPS) is 13.7. The van der Waals surface area contributed by atoms with Gasteiger partial charge in [0.15, 0.2) is 0 Å². The molecule has 1 aliphatic heterocycles. The molecule has 144 valence electrons. The van der Waals surface area contributed by atoms with Crippen molar-refractivity contribution in [3.05, 3.63) is 48.2 Å². The molecule has 6 heteroatoms. The van der Waals surface area contributed by atoms with Crippen molar-refractivity contribution < 1.29 is 9.53 Å². The van der Waals surface area contributed by atoms with Crippen LogP contribution in [0.25, 0.3) is 0 Å². The molecule has 1 aliphatic rings. The average molecular weight is 368 g/mol. The van der Waals surface area contributed by atoms with Crippen LogP contribution in [0.4, 0.5) is 16.2 Å². The lowest BCUT2D eigenvalue weighted by molar-refractivity contribution is 0.219. The van der Waals surface area contributed by atoms with E-state index in [1.54, 1.807) is 30.3 Å². The van der Waals surface area contributed by atoms with E-state index in [1.807, 2.05) is 19.9 Å². The largest absolute Gasteiger partial charge is 0.473 e. The summed E-state index contributed by atoms with van der Waals surface area (Å²) in [4.78, 5) is 21.0. The van der Waals surface area contributed by atoms with Crippen molar-refractivity contribution in [1.82, 2.24) is 9.88 Å². The molecule has 0 radical (unpaired) electrons. The fourth-order valence-electron chi connectivity index (χ4n) is 3.25. The summed E-state index contributed by atoms with van der Waals surface area (Å²) >= 11 is 0. The highest BCUT2D eigenvalue weighted by Crippen LogP contribution is 2.26. The zero-order valence-electron chi connectivity index (χ0n) is 16.3. The minimum Gasteiger partial charge on any atom is -0.473 e. The van der Waals surface area contributed by atoms with Gasteiger partial charge in [-0.1, -0.05) is 18.2 Å². The molecule has 0 aliphatic carbocycles. The first-order valence-corrected chi connectivity index (χ1v) is 9.51. The number of pyridine rings is 1. The number of nitrogens with one attached hydrogen (secondary N) is 1. The number of nitrogens with zero attached hydrogens (tertiary/aromatic N) is 3.